The van der Waals surface area contributed by atoms with Crippen molar-refractivity contribution in [2.24, 2.45) is 0 Å². The van der Waals surface area contributed by atoms with Crippen LogP contribution in [0.25, 0.3) is 10.6 Å². The summed E-state index contributed by atoms with van der Waals surface area (Å²) >= 11 is 3.29. The standard InChI is InChI=1S/C21H17BrFNO3/c1-3-14-8-13(5-4-12(14)2)11-24-18-9-15(23)6-7-16(18)20(22)17(21(26)27)10-19(24)25/h3-9H,1,10-11H2,2H3,(H,26,27). The molecule has 1 heterocycles. The minimum atomic E-state index is -1.18. The molecule has 27 heavy (non-hydrogen) atoms. The minimum absolute atomic E-state index is 0.0500. The average Bonchev–Trinajstić information content (AvgIpc) is 2.73. The number of carboxylic acid groups (broad SMARTS) is 1. The lowest BCUT2D eigenvalue weighted by Crippen LogP contribution is -2.30. The van der Waals surface area contributed by atoms with Crippen molar-refractivity contribution in [3.8, 4) is 0 Å². The second-order valence-electron chi connectivity index (χ2n) is 6.31. The molecule has 0 atom stereocenters. The Kier molecular flexibility index (Phi) is 5.28. The Morgan fingerprint density at radius 1 is 1.33 bits per heavy atom. The predicted octanol–water partition coefficient (Wildman–Crippen LogP) is 4.90. The molecular formula is C21H17BrFNO3. The van der Waals surface area contributed by atoms with Crippen molar-refractivity contribution in [1.29, 1.82) is 0 Å². The first kappa shape index (κ1) is 19.0. The van der Waals surface area contributed by atoms with Crippen LogP contribution in [0, 0.1) is 12.7 Å². The third-order valence-electron chi connectivity index (χ3n) is 4.54. The highest BCUT2D eigenvalue weighted by atomic mass is 79.9. The maximum absolute atomic E-state index is 13.9. The van der Waals surface area contributed by atoms with Crippen LogP contribution in [0.3, 0.4) is 0 Å². The molecule has 1 amide bonds. The molecule has 0 saturated heterocycles. The molecule has 4 nitrogen and oxygen atoms in total. The highest BCUT2D eigenvalue weighted by Gasteiger charge is 2.30. The Morgan fingerprint density at radius 3 is 2.74 bits per heavy atom. The van der Waals surface area contributed by atoms with Crippen molar-refractivity contribution in [3.05, 3.63) is 76.6 Å². The van der Waals surface area contributed by atoms with E-state index in [0.29, 0.717) is 11.3 Å². The van der Waals surface area contributed by atoms with Crippen LogP contribution < -0.4 is 4.90 Å². The Morgan fingerprint density at radius 2 is 2.07 bits per heavy atom. The first-order chi connectivity index (χ1) is 12.8. The molecule has 0 unspecified atom stereocenters. The fourth-order valence-electron chi connectivity index (χ4n) is 3.07. The Balaban J connectivity index is 2.11. The van der Waals surface area contributed by atoms with Crippen LogP contribution >= 0.6 is 15.9 Å². The van der Waals surface area contributed by atoms with Gasteiger partial charge in [-0.15, -0.1) is 0 Å². The highest BCUT2D eigenvalue weighted by Crippen LogP contribution is 2.39. The topological polar surface area (TPSA) is 57.6 Å². The number of amides is 1. The molecule has 0 radical (unpaired) electrons. The molecule has 1 aliphatic rings. The van der Waals surface area contributed by atoms with Crippen LogP contribution in [0.15, 0.2) is 48.6 Å². The summed E-state index contributed by atoms with van der Waals surface area (Å²) in [7, 11) is 0. The van der Waals surface area contributed by atoms with E-state index in [9.17, 15) is 19.1 Å². The summed E-state index contributed by atoms with van der Waals surface area (Å²) in [4.78, 5) is 25.8. The number of hydrogen-bond donors (Lipinski definition) is 1. The van der Waals surface area contributed by atoms with Crippen LogP contribution in [-0.2, 0) is 16.1 Å². The summed E-state index contributed by atoms with van der Waals surface area (Å²) in [6.07, 6.45) is 1.45. The van der Waals surface area contributed by atoms with Crippen LogP contribution in [0.5, 0.6) is 0 Å². The number of rotatable bonds is 4. The molecule has 6 heteroatoms. The van der Waals surface area contributed by atoms with Gasteiger partial charge in [0.2, 0.25) is 5.91 Å². The predicted molar refractivity (Wildman–Crippen MR) is 107 cm³/mol. The number of benzene rings is 2. The summed E-state index contributed by atoms with van der Waals surface area (Å²) in [6.45, 7) is 5.95. The Hall–Kier alpha value is -2.73. The number of carboxylic acids is 1. The average molecular weight is 430 g/mol. The molecule has 138 valence electrons. The number of anilines is 1. The van der Waals surface area contributed by atoms with Crippen molar-refractivity contribution < 1.29 is 19.1 Å². The lowest BCUT2D eigenvalue weighted by Gasteiger charge is -2.24. The zero-order chi connectivity index (χ0) is 19.7. The number of carbonyl (C=O) groups excluding carboxylic acids is 1. The molecule has 0 saturated carbocycles. The fraction of sp³-hybridized carbons (Fsp3) is 0.143. The number of carbonyl (C=O) groups is 2. The van der Waals surface area contributed by atoms with Crippen molar-refractivity contribution in [2.75, 3.05) is 4.90 Å². The summed E-state index contributed by atoms with van der Waals surface area (Å²) < 4.78 is 14.2. The van der Waals surface area contributed by atoms with E-state index in [1.165, 1.54) is 23.1 Å². The summed E-state index contributed by atoms with van der Waals surface area (Å²) in [6, 6.07) is 9.71. The van der Waals surface area contributed by atoms with Gasteiger partial charge in [0, 0.05) is 10.0 Å². The lowest BCUT2D eigenvalue weighted by molar-refractivity contribution is -0.133. The van der Waals surface area contributed by atoms with Crippen molar-refractivity contribution in [2.45, 2.75) is 19.9 Å². The van der Waals surface area contributed by atoms with Gasteiger partial charge in [-0.05, 0) is 63.8 Å². The number of aryl methyl sites for hydroxylation is 1. The maximum Gasteiger partial charge on any atom is 0.333 e. The van der Waals surface area contributed by atoms with Gasteiger partial charge in [0.1, 0.15) is 5.82 Å². The second-order valence-corrected chi connectivity index (χ2v) is 7.10. The van der Waals surface area contributed by atoms with Crippen LogP contribution in [0.2, 0.25) is 0 Å². The zero-order valence-electron chi connectivity index (χ0n) is 14.6. The Labute approximate surface area is 164 Å². The van der Waals surface area contributed by atoms with Gasteiger partial charge in [0.15, 0.2) is 0 Å². The molecule has 2 aromatic rings. The summed E-state index contributed by atoms with van der Waals surface area (Å²) in [5.74, 6) is -2.09. The molecule has 0 aromatic heterocycles. The minimum Gasteiger partial charge on any atom is -0.478 e. The maximum atomic E-state index is 13.9. The number of aliphatic carboxylic acids is 1. The van der Waals surface area contributed by atoms with Gasteiger partial charge in [0.25, 0.3) is 0 Å². The molecule has 0 bridgehead atoms. The fourth-order valence-corrected chi connectivity index (χ4v) is 3.71. The molecule has 2 aromatic carbocycles. The van der Waals surface area contributed by atoms with E-state index in [0.717, 1.165) is 16.7 Å². The van der Waals surface area contributed by atoms with Gasteiger partial charge >= 0.3 is 5.97 Å². The molecule has 0 aliphatic carbocycles. The van der Waals surface area contributed by atoms with Crippen molar-refractivity contribution in [3.63, 3.8) is 0 Å². The quantitative estimate of drug-likeness (QED) is 0.751. The third-order valence-corrected chi connectivity index (χ3v) is 5.45. The smallest absolute Gasteiger partial charge is 0.333 e. The van der Waals surface area contributed by atoms with Gasteiger partial charge in [-0.2, -0.15) is 0 Å². The van der Waals surface area contributed by atoms with Gasteiger partial charge in [-0.25, -0.2) is 9.18 Å². The van der Waals surface area contributed by atoms with Gasteiger partial charge in [-0.3, -0.25) is 4.79 Å². The molecular weight excluding hydrogens is 413 g/mol. The first-order valence-electron chi connectivity index (χ1n) is 8.26. The highest BCUT2D eigenvalue weighted by molar-refractivity contribution is 9.15. The van der Waals surface area contributed by atoms with E-state index in [-0.39, 0.29) is 23.0 Å². The second kappa shape index (κ2) is 7.48. The van der Waals surface area contributed by atoms with E-state index in [4.69, 9.17) is 0 Å². The number of nitrogens with zero attached hydrogens (tertiary/aromatic N) is 1. The van der Waals surface area contributed by atoms with Crippen molar-refractivity contribution >= 4 is 44.1 Å². The van der Waals surface area contributed by atoms with E-state index in [1.54, 1.807) is 6.08 Å². The monoisotopic (exact) mass is 429 g/mol. The van der Waals surface area contributed by atoms with Gasteiger partial charge < -0.3 is 10.0 Å². The first-order valence-corrected chi connectivity index (χ1v) is 9.05. The molecule has 1 N–H and O–H groups in total. The number of fused-ring (bicyclic) bond motifs is 1. The number of halogens is 2. The normalized spacial score (nSPS) is 14.0. The largest absolute Gasteiger partial charge is 0.478 e. The van der Waals surface area contributed by atoms with Gasteiger partial charge in [-0.1, -0.05) is 24.8 Å². The SMILES string of the molecule is C=Cc1cc(CN2C(=O)CC(C(=O)O)=C(Br)c3ccc(F)cc32)ccc1C. The Bertz CT molecular complexity index is 997. The lowest BCUT2D eigenvalue weighted by atomic mass is 10.0. The molecule has 3 rings (SSSR count). The van der Waals surface area contributed by atoms with Crippen molar-refractivity contribution in [1.82, 2.24) is 0 Å². The molecule has 0 fully saturated rings. The molecule has 1 aliphatic heterocycles. The van der Waals surface area contributed by atoms with E-state index >= 15 is 0 Å². The van der Waals surface area contributed by atoms with E-state index in [2.05, 4.69) is 22.5 Å². The van der Waals surface area contributed by atoms with E-state index < -0.39 is 17.7 Å². The third kappa shape index (κ3) is 3.71. The van der Waals surface area contributed by atoms with E-state index in [1.807, 2.05) is 25.1 Å². The van der Waals surface area contributed by atoms with Gasteiger partial charge in [0.05, 0.1) is 24.2 Å². The summed E-state index contributed by atoms with van der Waals surface area (Å²) in [5, 5.41) is 9.46. The summed E-state index contributed by atoms with van der Waals surface area (Å²) in [5.41, 5.74) is 3.60. The molecule has 0 spiro atoms. The van der Waals surface area contributed by atoms with Crippen LogP contribution in [-0.4, -0.2) is 17.0 Å². The zero-order valence-corrected chi connectivity index (χ0v) is 16.2. The van der Waals surface area contributed by atoms with Crippen LogP contribution in [0.4, 0.5) is 10.1 Å². The van der Waals surface area contributed by atoms with Crippen LogP contribution in [0.1, 0.15) is 28.7 Å². The number of hydrogen-bond acceptors (Lipinski definition) is 2.